The molecule has 0 aromatic heterocycles. The lowest BCUT2D eigenvalue weighted by Crippen LogP contribution is -2.21. The van der Waals surface area contributed by atoms with Gasteiger partial charge in [-0.2, -0.15) is 5.26 Å². The minimum Gasteiger partial charge on any atom is -0.491 e. The van der Waals surface area contributed by atoms with E-state index >= 15 is 0 Å². The maximum atomic E-state index is 11.8. The van der Waals surface area contributed by atoms with Gasteiger partial charge in [-0.25, -0.2) is 0 Å². The second-order valence-electron chi connectivity index (χ2n) is 4.44. The molecular formula is C15H20N2O2. The minimum absolute atomic E-state index is 0.133. The van der Waals surface area contributed by atoms with Gasteiger partial charge in [-0.15, -0.1) is 0 Å². The van der Waals surface area contributed by atoms with Crippen LogP contribution in [0.25, 0.3) is 0 Å². The van der Waals surface area contributed by atoms with Crippen LogP contribution < -0.4 is 10.1 Å². The second kappa shape index (κ2) is 7.42. The van der Waals surface area contributed by atoms with Crippen LogP contribution in [0.3, 0.4) is 0 Å². The van der Waals surface area contributed by atoms with Crippen molar-refractivity contribution in [1.29, 1.82) is 5.26 Å². The maximum Gasteiger partial charge on any atom is 0.241 e. The molecule has 0 aliphatic rings. The van der Waals surface area contributed by atoms with Gasteiger partial charge in [-0.1, -0.05) is 19.9 Å². The van der Waals surface area contributed by atoms with E-state index in [1.54, 1.807) is 12.1 Å². The van der Waals surface area contributed by atoms with Gasteiger partial charge in [0.1, 0.15) is 11.7 Å². The Morgan fingerprint density at radius 2 is 2.16 bits per heavy atom. The van der Waals surface area contributed by atoms with E-state index in [0.717, 1.165) is 12.2 Å². The first-order valence-corrected chi connectivity index (χ1v) is 6.57. The molecule has 0 bridgehead atoms. The molecule has 2 unspecified atom stereocenters. The Hall–Kier alpha value is -2.02. The number of amides is 1. The number of rotatable bonds is 6. The molecule has 1 amide bonds. The number of nitrogens with zero attached hydrogens (tertiary/aromatic N) is 1. The van der Waals surface area contributed by atoms with E-state index in [1.807, 2.05) is 32.0 Å². The quantitative estimate of drug-likeness (QED) is 0.853. The molecule has 1 aromatic rings. The average molecular weight is 260 g/mol. The van der Waals surface area contributed by atoms with Gasteiger partial charge in [0, 0.05) is 11.8 Å². The summed E-state index contributed by atoms with van der Waals surface area (Å²) in [7, 11) is 0. The third-order valence-electron chi connectivity index (χ3n) is 2.89. The number of nitriles is 1. The van der Waals surface area contributed by atoms with E-state index in [1.165, 1.54) is 0 Å². The van der Waals surface area contributed by atoms with Gasteiger partial charge in [-0.3, -0.25) is 4.79 Å². The number of carbonyl (C=O) groups excluding carboxylic acids is 1. The molecule has 0 spiro atoms. The number of hydrogen-bond donors (Lipinski definition) is 1. The molecule has 1 N–H and O–H groups in total. The number of carbonyl (C=O) groups is 1. The second-order valence-corrected chi connectivity index (χ2v) is 4.44. The molecule has 2 atom stereocenters. The first-order chi connectivity index (χ1) is 9.10. The number of benzene rings is 1. The van der Waals surface area contributed by atoms with Crippen LogP contribution in [-0.4, -0.2) is 12.0 Å². The van der Waals surface area contributed by atoms with Crippen molar-refractivity contribution in [2.45, 2.75) is 39.7 Å². The first kappa shape index (κ1) is 15.0. The number of nitrogens with one attached hydrogen (secondary N) is 1. The van der Waals surface area contributed by atoms with Crippen molar-refractivity contribution in [3.8, 4) is 11.8 Å². The third-order valence-corrected chi connectivity index (χ3v) is 2.89. The average Bonchev–Trinajstić information content (AvgIpc) is 2.40. The zero-order valence-electron chi connectivity index (χ0n) is 11.6. The Balaban J connectivity index is 2.72. The van der Waals surface area contributed by atoms with E-state index in [2.05, 4.69) is 12.2 Å². The summed E-state index contributed by atoms with van der Waals surface area (Å²) in [5.74, 6) is -0.165. The van der Waals surface area contributed by atoms with Gasteiger partial charge in [0.05, 0.1) is 12.2 Å². The lowest BCUT2D eigenvalue weighted by Gasteiger charge is -2.14. The van der Waals surface area contributed by atoms with Gasteiger partial charge >= 0.3 is 0 Å². The molecular weight excluding hydrogens is 240 g/mol. The van der Waals surface area contributed by atoms with E-state index in [-0.39, 0.29) is 12.0 Å². The molecule has 4 nitrogen and oxygen atoms in total. The largest absolute Gasteiger partial charge is 0.491 e. The van der Waals surface area contributed by atoms with Gasteiger partial charge in [0.25, 0.3) is 0 Å². The van der Waals surface area contributed by atoms with Crippen molar-refractivity contribution >= 4 is 11.6 Å². The summed E-state index contributed by atoms with van der Waals surface area (Å²) >= 11 is 0. The molecule has 4 heteroatoms. The number of ether oxygens (including phenoxy) is 1. The van der Waals surface area contributed by atoms with E-state index in [0.29, 0.717) is 12.1 Å². The lowest BCUT2D eigenvalue weighted by molar-refractivity contribution is -0.118. The Morgan fingerprint density at radius 3 is 2.74 bits per heavy atom. The van der Waals surface area contributed by atoms with Crippen LogP contribution >= 0.6 is 0 Å². The molecule has 0 aliphatic heterocycles. The summed E-state index contributed by atoms with van der Waals surface area (Å²) in [6, 6.07) is 9.21. The lowest BCUT2D eigenvalue weighted by atomic mass is 10.1. The molecule has 19 heavy (non-hydrogen) atoms. The zero-order valence-corrected chi connectivity index (χ0v) is 11.6. The Morgan fingerprint density at radius 1 is 1.42 bits per heavy atom. The molecule has 0 saturated heterocycles. The molecule has 0 heterocycles. The SMILES string of the molecule is CCC(C)Oc1cccc(NC(=O)C(C#N)CC)c1. The minimum atomic E-state index is -0.612. The fourth-order valence-electron chi connectivity index (χ4n) is 1.53. The molecule has 0 aliphatic carbocycles. The monoisotopic (exact) mass is 260 g/mol. The van der Waals surface area contributed by atoms with Crippen LogP contribution in [0, 0.1) is 17.2 Å². The highest BCUT2D eigenvalue weighted by atomic mass is 16.5. The predicted molar refractivity (Wildman–Crippen MR) is 74.8 cm³/mol. The Kier molecular flexibility index (Phi) is 5.87. The standard InChI is InChI=1S/C15H20N2O2/c1-4-11(3)19-14-8-6-7-13(9-14)17-15(18)12(5-2)10-16/h6-9,11-12H,4-5H2,1-3H3,(H,17,18). The van der Waals surface area contributed by atoms with Crippen LogP contribution in [0.2, 0.25) is 0 Å². The van der Waals surface area contributed by atoms with Crippen LogP contribution in [0.15, 0.2) is 24.3 Å². The molecule has 1 aromatic carbocycles. The fraction of sp³-hybridized carbons (Fsp3) is 0.467. The summed E-state index contributed by atoms with van der Waals surface area (Å²) in [6.07, 6.45) is 1.56. The first-order valence-electron chi connectivity index (χ1n) is 6.57. The number of hydrogen-bond acceptors (Lipinski definition) is 3. The zero-order chi connectivity index (χ0) is 14.3. The van der Waals surface area contributed by atoms with Gasteiger partial charge in [-0.05, 0) is 31.9 Å². The summed E-state index contributed by atoms with van der Waals surface area (Å²) in [4.78, 5) is 11.8. The van der Waals surface area contributed by atoms with Gasteiger partial charge in [0.15, 0.2) is 0 Å². The fourth-order valence-corrected chi connectivity index (χ4v) is 1.53. The maximum absolute atomic E-state index is 11.8. The highest BCUT2D eigenvalue weighted by Crippen LogP contribution is 2.20. The highest BCUT2D eigenvalue weighted by molar-refractivity contribution is 5.94. The summed E-state index contributed by atoms with van der Waals surface area (Å²) < 4.78 is 5.68. The van der Waals surface area contributed by atoms with Crippen molar-refractivity contribution in [1.82, 2.24) is 0 Å². The summed E-state index contributed by atoms with van der Waals surface area (Å²) in [5, 5.41) is 11.6. The number of anilines is 1. The van der Waals surface area contributed by atoms with Crippen molar-refractivity contribution in [2.75, 3.05) is 5.32 Å². The molecule has 0 fully saturated rings. The molecule has 0 radical (unpaired) electrons. The molecule has 1 rings (SSSR count). The van der Waals surface area contributed by atoms with Crippen LogP contribution in [0.5, 0.6) is 5.75 Å². The Bertz CT molecular complexity index is 465. The highest BCUT2D eigenvalue weighted by Gasteiger charge is 2.15. The Labute approximate surface area is 114 Å². The molecule has 102 valence electrons. The molecule has 0 saturated carbocycles. The smallest absolute Gasteiger partial charge is 0.241 e. The predicted octanol–water partition coefficient (Wildman–Crippen LogP) is 3.35. The van der Waals surface area contributed by atoms with Gasteiger partial charge < -0.3 is 10.1 Å². The van der Waals surface area contributed by atoms with E-state index < -0.39 is 5.92 Å². The van der Waals surface area contributed by atoms with Gasteiger partial charge in [0.2, 0.25) is 5.91 Å². The van der Waals surface area contributed by atoms with Crippen molar-refractivity contribution < 1.29 is 9.53 Å². The van der Waals surface area contributed by atoms with Crippen molar-refractivity contribution in [3.05, 3.63) is 24.3 Å². The van der Waals surface area contributed by atoms with Crippen LogP contribution in [0.1, 0.15) is 33.6 Å². The van der Waals surface area contributed by atoms with Crippen molar-refractivity contribution in [3.63, 3.8) is 0 Å². The van der Waals surface area contributed by atoms with Crippen molar-refractivity contribution in [2.24, 2.45) is 5.92 Å². The third kappa shape index (κ3) is 4.63. The van der Waals surface area contributed by atoms with Crippen LogP contribution in [0.4, 0.5) is 5.69 Å². The van der Waals surface area contributed by atoms with E-state index in [9.17, 15) is 4.79 Å². The normalized spacial score (nSPS) is 13.2. The van der Waals surface area contributed by atoms with Crippen LogP contribution in [-0.2, 0) is 4.79 Å². The summed E-state index contributed by atoms with van der Waals surface area (Å²) in [6.45, 7) is 5.86. The van der Waals surface area contributed by atoms with E-state index in [4.69, 9.17) is 10.00 Å². The topological polar surface area (TPSA) is 62.1 Å². The summed E-state index contributed by atoms with van der Waals surface area (Å²) in [5.41, 5.74) is 0.652.